The van der Waals surface area contributed by atoms with Crippen LogP contribution in [0.2, 0.25) is 0 Å². The summed E-state index contributed by atoms with van der Waals surface area (Å²) >= 11 is 0. The van der Waals surface area contributed by atoms with Gasteiger partial charge in [-0.05, 0) is 38.1 Å². The van der Waals surface area contributed by atoms with Crippen molar-refractivity contribution in [2.24, 2.45) is 5.92 Å². The molecule has 0 saturated heterocycles. The molecule has 1 aliphatic rings. The van der Waals surface area contributed by atoms with Crippen molar-refractivity contribution in [2.75, 3.05) is 6.54 Å². The lowest BCUT2D eigenvalue weighted by atomic mass is 9.97. The van der Waals surface area contributed by atoms with Crippen LogP contribution in [0, 0.1) is 5.92 Å². The van der Waals surface area contributed by atoms with Gasteiger partial charge in [-0.1, -0.05) is 32.3 Å². The van der Waals surface area contributed by atoms with Gasteiger partial charge in [0, 0.05) is 6.04 Å². The van der Waals surface area contributed by atoms with Crippen LogP contribution >= 0.6 is 0 Å². The second-order valence-electron chi connectivity index (χ2n) is 4.61. The Morgan fingerprint density at radius 3 is 2.86 bits per heavy atom. The van der Waals surface area contributed by atoms with Gasteiger partial charge in [-0.2, -0.15) is 0 Å². The minimum absolute atomic E-state index is 0.780. The predicted molar refractivity (Wildman–Crippen MR) is 63.5 cm³/mol. The van der Waals surface area contributed by atoms with Crippen LogP contribution in [0.1, 0.15) is 51.9 Å². The zero-order chi connectivity index (χ0) is 10.2. The molecule has 1 heteroatoms. The lowest BCUT2D eigenvalue weighted by Gasteiger charge is -2.22. The number of rotatable bonds is 5. The third-order valence-corrected chi connectivity index (χ3v) is 3.35. The molecule has 0 radical (unpaired) electrons. The fourth-order valence-electron chi connectivity index (χ4n) is 2.33. The van der Waals surface area contributed by atoms with Gasteiger partial charge in [0.2, 0.25) is 0 Å². The zero-order valence-electron chi connectivity index (χ0n) is 9.60. The molecule has 1 fully saturated rings. The van der Waals surface area contributed by atoms with E-state index in [1.165, 1.54) is 45.1 Å². The van der Waals surface area contributed by atoms with E-state index in [-0.39, 0.29) is 0 Å². The summed E-state index contributed by atoms with van der Waals surface area (Å²) in [5.74, 6) is 0.876. The van der Waals surface area contributed by atoms with E-state index in [0.717, 1.165) is 18.4 Å². The Bertz CT molecular complexity index is 153. The molecule has 0 amide bonds. The van der Waals surface area contributed by atoms with Crippen LogP contribution in [0.3, 0.4) is 0 Å². The summed E-state index contributed by atoms with van der Waals surface area (Å²) in [6.07, 6.45) is 11.5. The molecule has 2 atom stereocenters. The van der Waals surface area contributed by atoms with Gasteiger partial charge in [0.25, 0.3) is 0 Å². The molecular weight excluding hydrogens is 170 g/mol. The monoisotopic (exact) mass is 195 g/mol. The van der Waals surface area contributed by atoms with Gasteiger partial charge >= 0.3 is 0 Å². The first-order chi connectivity index (χ1) is 6.84. The number of hydrogen-bond acceptors (Lipinski definition) is 1. The van der Waals surface area contributed by atoms with E-state index in [4.69, 9.17) is 0 Å². The second kappa shape index (κ2) is 7.05. The van der Waals surface area contributed by atoms with Crippen LogP contribution in [-0.2, 0) is 0 Å². The summed E-state index contributed by atoms with van der Waals surface area (Å²) in [4.78, 5) is 0. The predicted octanol–water partition coefficient (Wildman–Crippen LogP) is 3.51. The second-order valence-corrected chi connectivity index (χ2v) is 4.61. The van der Waals surface area contributed by atoms with Crippen molar-refractivity contribution < 1.29 is 0 Å². The van der Waals surface area contributed by atoms with Crippen molar-refractivity contribution in [2.45, 2.75) is 57.9 Å². The molecular formula is C13H25N. The fourth-order valence-corrected chi connectivity index (χ4v) is 2.33. The molecule has 1 nitrogen and oxygen atoms in total. The van der Waals surface area contributed by atoms with Crippen LogP contribution in [0.15, 0.2) is 12.7 Å². The Balaban J connectivity index is 2.16. The Labute approximate surface area is 89.0 Å². The van der Waals surface area contributed by atoms with E-state index in [1.54, 1.807) is 0 Å². The summed E-state index contributed by atoms with van der Waals surface area (Å²) < 4.78 is 0. The highest BCUT2D eigenvalue weighted by Gasteiger charge is 2.18. The molecule has 0 aliphatic heterocycles. The number of hydrogen-bond donors (Lipinski definition) is 1. The van der Waals surface area contributed by atoms with Crippen molar-refractivity contribution in [1.29, 1.82) is 0 Å². The van der Waals surface area contributed by atoms with Gasteiger partial charge in [0.05, 0.1) is 0 Å². The van der Waals surface area contributed by atoms with Gasteiger partial charge in [0.15, 0.2) is 0 Å². The van der Waals surface area contributed by atoms with Crippen molar-refractivity contribution in [3.8, 4) is 0 Å². The number of nitrogens with one attached hydrogen (secondary N) is 1. The highest BCUT2D eigenvalue weighted by Crippen LogP contribution is 2.22. The van der Waals surface area contributed by atoms with E-state index in [0.29, 0.717) is 0 Å². The van der Waals surface area contributed by atoms with Crippen LogP contribution < -0.4 is 5.32 Å². The largest absolute Gasteiger partial charge is 0.314 e. The Morgan fingerprint density at radius 2 is 2.07 bits per heavy atom. The van der Waals surface area contributed by atoms with Crippen LogP contribution in [0.5, 0.6) is 0 Å². The first-order valence-electron chi connectivity index (χ1n) is 6.19. The van der Waals surface area contributed by atoms with Crippen molar-refractivity contribution in [3.63, 3.8) is 0 Å². The average Bonchev–Trinajstić information content (AvgIpc) is 2.39. The van der Waals surface area contributed by atoms with Crippen molar-refractivity contribution in [3.05, 3.63) is 12.7 Å². The third-order valence-electron chi connectivity index (χ3n) is 3.35. The van der Waals surface area contributed by atoms with Crippen molar-refractivity contribution >= 4 is 0 Å². The molecule has 1 rings (SSSR count). The first-order valence-corrected chi connectivity index (χ1v) is 6.19. The van der Waals surface area contributed by atoms with Crippen LogP contribution in [-0.4, -0.2) is 12.6 Å². The van der Waals surface area contributed by atoms with Crippen molar-refractivity contribution in [1.82, 2.24) is 5.32 Å². The lowest BCUT2D eigenvalue weighted by molar-refractivity contribution is 0.357. The standard InChI is InChI=1S/C13H25N/c1-3-4-8-11-14-13-10-7-5-6-9-12(13)2/h3,12-14H,1,4-11H2,2H3. The molecule has 0 spiro atoms. The molecule has 0 aromatic heterocycles. The molecule has 0 aromatic carbocycles. The SMILES string of the molecule is C=CCCCNC1CCCCCC1C. The Kier molecular flexibility index (Phi) is 5.93. The normalized spacial score (nSPS) is 28.4. The molecule has 0 heterocycles. The maximum Gasteiger partial charge on any atom is 0.00926 e. The van der Waals surface area contributed by atoms with Gasteiger partial charge in [-0.3, -0.25) is 0 Å². The lowest BCUT2D eigenvalue weighted by Crippen LogP contribution is -2.34. The van der Waals surface area contributed by atoms with Gasteiger partial charge in [-0.25, -0.2) is 0 Å². The quantitative estimate of drug-likeness (QED) is 0.402. The molecule has 82 valence electrons. The minimum Gasteiger partial charge on any atom is -0.314 e. The Hall–Kier alpha value is -0.300. The maximum absolute atomic E-state index is 3.75. The average molecular weight is 195 g/mol. The molecule has 0 bridgehead atoms. The molecule has 1 N–H and O–H groups in total. The van der Waals surface area contributed by atoms with E-state index < -0.39 is 0 Å². The smallest absolute Gasteiger partial charge is 0.00926 e. The molecule has 1 aliphatic carbocycles. The zero-order valence-corrected chi connectivity index (χ0v) is 9.60. The first kappa shape index (κ1) is 11.8. The summed E-state index contributed by atoms with van der Waals surface area (Å²) in [7, 11) is 0. The number of unbranched alkanes of at least 4 members (excludes halogenated alkanes) is 1. The topological polar surface area (TPSA) is 12.0 Å². The van der Waals surface area contributed by atoms with Gasteiger partial charge < -0.3 is 5.32 Å². The maximum atomic E-state index is 3.75. The summed E-state index contributed by atoms with van der Waals surface area (Å²) in [5.41, 5.74) is 0. The summed E-state index contributed by atoms with van der Waals surface area (Å²) in [6.45, 7) is 7.31. The Morgan fingerprint density at radius 1 is 1.29 bits per heavy atom. The van der Waals surface area contributed by atoms with Crippen LogP contribution in [0.4, 0.5) is 0 Å². The van der Waals surface area contributed by atoms with Gasteiger partial charge in [0.1, 0.15) is 0 Å². The molecule has 0 aromatic rings. The highest BCUT2D eigenvalue weighted by atomic mass is 14.9. The third kappa shape index (κ3) is 4.28. The summed E-state index contributed by atoms with van der Waals surface area (Å²) in [6, 6.07) is 0.780. The van der Waals surface area contributed by atoms with Crippen LogP contribution in [0.25, 0.3) is 0 Å². The fraction of sp³-hybridized carbons (Fsp3) is 0.846. The van der Waals surface area contributed by atoms with E-state index in [9.17, 15) is 0 Å². The molecule has 2 unspecified atom stereocenters. The summed E-state index contributed by atoms with van der Waals surface area (Å²) in [5, 5.41) is 3.70. The molecule has 14 heavy (non-hydrogen) atoms. The van der Waals surface area contributed by atoms with Gasteiger partial charge in [-0.15, -0.1) is 6.58 Å². The molecule has 1 saturated carbocycles. The number of allylic oxidation sites excluding steroid dienone is 1. The van der Waals surface area contributed by atoms with E-state index in [2.05, 4.69) is 18.8 Å². The van der Waals surface area contributed by atoms with E-state index >= 15 is 0 Å². The highest BCUT2D eigenvalue weighted by molar-refractivity contribution is 4.77. The minimum atomic E-state index is 0.780. The van der Waals surface area contributed by atoms with E-state index in [1.807, 2.05) is 6.08 Å².